The molecule has 0 saturated carbocycles. The minimum Gasteiger partial charge on any atom is -0.411 e. The summed E-state index contributed by atoms with van der Waals surface area (Å²) in [6.07, 6.45) is 0. The van der Waals surface area contributed by atoms with Crippen molar-refractivity contribution < 1.29 is 10.0 Å². The van der Waals surface area contributed by atoms with Gasteiger partial charge in [-0.1, -0.05) is 35.5 Å². The third-order valence-corrected chi connectivity index (χ3v) is 2.74. The van der Waals surface area contributed by atoms with E-state index in [-0.39, 0.29) is 6.03 Å². The van der Waals surface area contributed by atoms with Gasteiger partial charge < -0.3 is 15.8 Å². The van der Waals surface area contributed by atoms with Crippen molar-refractivity contribution in [3.8, 4) is 0 Å². The second-order valence-electron chi connectivity index (χ2n) is 4.21. The maximum Gasteiger partial charge on any atom is 0.323 e. The van der Waals surface area contributed by atoms with Crippen LogP contribution < -0.4 is 10.6 Å². The monoisotopic (exact) mass is 269 g/mol. The van der Waals surface area contributed by atoms with Gasteiger partial charge in [0.15, 0.2) is 0 Å². The third kappa shape index (κ3) is 3.58. The van der Waals surface area contributed by atoms with Gasteiger partial charge in [-0.2, -0.15) is 0 Å². The molecule has 5 heteroatoms. The van der Waals surface area contributed by atoms with Crippen molar-refractivity contribution in [2.24, 2.45) is 5.16 Å². The molecule has 0 unspecified atom stereocenters. The Balaban J connectivity index is 1.98. The van der Waals surface area contributed by atoms with E-state index in [9.17, 15) is 4.79 Å². The van der Waals surface area contributed by atoms with Crippen molar-refractivity contribution in [1.82, 2.24) is 0 Å². The summed E-state index contributed by atoms with van der Waals surface area (Å²) in [4.78, 5) is 11.8. The van der Waals surface area contributed by atoms with Gasteiger partial charge in [-0.15, -0.1) is 0 Å². The highest BCUT2D eigenvalue weighted by atomic mass is 16.4. The van der Waals surface area contributed by atoms with Crippen LogP contribution in [0.3, 0.4) is 0 Å². The summed E-state index contributed by atoms with van der Waals surface area (Å²) in [5, 5.41) is 17.2. The molecule has 0 fully saturated rings. The normalized spacial score (nSPS) is 10.9. The first kappa shape index (κ1) is 13.6. The summed E-state index contributed by atoms with van der Waals surface area (Å²) in [7, 11) is 0. The number of anilines is 2. The van der Waals surface area contributed by atoms with E-state index in [0.29, 0.717) is 11.4 Å². The number of carbonyl (C=O) groups excluding carboxylic acids is 1. The Morgan fingerprint density at radius 1 is 0.950 bits per heavy atom. The zero-order chi connectivity index (χ0) is 14.4. The molecule has 0 heterocycles. The van der Waals surface area contributed by atoms with E-state index < -0.39 is 0 Å². The Kier molecular flexibility index (Phi) is 4.34. The van der Waals surface area contributed by atoms with Crippen molar-refractivity contribution in [1.29, 1.82) is 0 Å². The molecular formula is C15H15N3O2. The second-order valence-corrected chi connectivity index (χ2v) is 4.21. The highest BCUT2D eigenvalue weighted by Gasteiger charge is 2.03. The number of carbonyl (C=O) groups is 1. The summed E-state index contributed by atoms with van der Waals surface area (Å²) >= 11 is 0. The van der Waals surface area contributed by atoms with E-state index in [4.69, 9.17) is 5.21 Å². The lowest BCUT2D eigenvalue weighted by atomic mass is 10.1. The van der Waals surface area contributed by atoms with Crippen LogP contribution in [0.4, 0.5) is 16.2 Å². The Hall–Kier alpha value is -2.82. The molecule has 0 aliphatic heterocycles. The fraction of sp³-hybridized carbons (Fsp3) is 0.0667. The average Bonchev–Trinajstić information content (AvgIpc) is 2.48. The molecule has 102 valence electrons. The number of rotatable bonds is 3. The van der Waals surface area contributed by atoms with Crippen LogP contribution in [0.2, 0.25) is 0 Å². The van der Waals surface area contributed by atoms with Crippen molar-refractivity contribution in [3.05, 3.63) is 60.2 Å². The van der Waals surface area contributed by atoms with Crippen LogP contribution in [-0.2, 0) is 0 Å². The van der Waals surface area contributed by atoms with Crippen LogP contribution >= 0.6 is 0 Å². The number of oxime groups is 1. The topological polar surface area (TPSA) is 73.7 Å². The van der Waals surface area contributed by atoms with E-state index >= 15 is 0 Å². The Morgan fingerprint density at radius 2 is 1.50 bits per heavy atom. The molecule has 3 N–H and O–H groups in total. The van der Waals surface area contributed by atoms with E-state index in [2.05, 4.69) is 15.8 Å². The van der Waals surface area contributed by atoms with Gasteiger partial charge in [0.2, 0.25) is 0 Å². The van der Waals surface area contributed by atoms with Gasteiger partial charge >= 0.3 is 6.03 Å². The van der Waals surface area contributed by atoms with Crippen molar-refractivity contribution in [2.45, 2.75) is 6.92 Å². The Labute approximate surface area is 116 Å². The lowest BCUT2D eigenvalue weighted by Crippen LogP contribution is -2.19. The molecule has 2 rings (SSSR count). The predicted molar refractivity (Wildman–Crippen MR) is 79.5 cm³/mol. The van der Waals surface area contributed by atoms with Gasteiger partial charge in [-0.05, 0) is 36.8 Å². The number of urea groups is 1. The molecule has 0 aliphatic carbocycles. The quantitative estimate of drug-likeness (QED) is 0.453. The average molecular weight is 269 g/mol. The summed E-state index contributed by atoms with van der Waals surface area (Å²) in [6, 6.07) is 15.9. The van der Waals surface area contributed by atoms with Gasteiger partial charge in [0, 0.05) is 11.4 Å². The number of hydrogen-bond acceptors (Lipinski definition) is 3. The molecule has 2 amide bonds. The van der Waals surface area contributed by atoms with E-state index in [1.807, 2.05) is 30.3 Å². The summed E-state index contributed by atoms with van der Waals surface area (Å²) < 4.78 is 0. The fourth-order valence-electron chi connectivity index (χ4n) is 1.67. The van der Waals surface area contributed by atoms with E-state index in [1.54, 1.807) is 31.2 Å². The zero-order valence-corrected chi connectivity index (χ0v) is 11.0. The molecule has 2 aromatic rings. The van der Waals surface area contributed by atoms with Crippen LogP contribution in [0.15, 0.2) is 59.8 Å². The van der Waals surface area contributed by atoms with Gasteiger partial charge in [0.1, 0.15) is 0 Å². The zero-order valence-electron chi connectivity index (χ0n) is 11.0. The first-order valence-corrected chi connectivity index (χ1v) is 6.11. The van der Waals surface area contributed by atoms with Crippen LogP contribution in [-0.4, -0.2) is 17.0 Å². The molecule has 5 nitrogen and oxygen atoms in total. The first-order chi connectivity index (χ1) is 9.69. The maximum absolute atomic E-state index is 11.8. The smallest absolute Gasteiger partial charge is 0.323 e. The van der Waals surface area contributed by atoms with Crippen molar-refractivity contribution in [3.63, 3.8) is 0 Å². The maximum atomic E-state index is 11.8. The van der Waals surface area contributed by atoms with Crippen LogP contribution in [0.25, 0.3) is 0 Å². The number of para-hydroxylation sites is 1. The van der Waals surface area contributed by atoms with Crippen LogP contribution in [0, 0.1) is 0 Å². The number of nitrogens with one attached hydrogen (secondary N) is 2. The minimum absolute atomic E-state index is 0.309. The fourth-order valence-corrected chi connectivity index (χ4v) is 1.67. The van der Waals surface area contributed by atoms with Crippen molar-refractivity contribution >= 4 is 23.1 Å². The molecule has 0 atom stereocenters. The molecular weight excluding hydrogens is 254 g/mol. The van der Waals surface area contributed by atoms with Gasteiger partial charge in [-0.3, -0.25) is 0 Å². The highest BCUT2D eigenvalue weighted by molar-refractivity contribution is 6.01. The summed E-state index contributed by atoms with van der Waals surface area (Å²) in [5.41, 5.74) is 2.70. The summed E-state index contributed by atoms with van der Waals surface area (Å²) in [6.45, 7) is 1.70. The van der Waals surface area contributed by atoms with Gasteiger partial charge in [-0.25, -0.2) is 4.79 Å². The predicted octanol–water partition coefficient (Wildman–Crippen LogP) is 3.53. The molecule has 0 spiro atoms. The lowest BCUT2D eigenvalue weighted by molar-refractivity contribution is 0.262. The molecule has 0 saturated heterocycles. The minimum atomic E-state index is -0.309. The highest BCUT2D eigenvalue weighted by Crippen LogP contribution is 2.11. The number of amides is 2. The first-order valence-electron chi connectivity index (χ1n) is 6.11. The molecule has 0 aliphatic rings. The molecule has 0 bridgehead atoms. The van der Waals surface area contributed by atoms with E-state index in [0.717, 1.165) is 11.3 Å². The number of nitrogens with zero attached hydrogens (tertiary/aromatic N) is 1. The van der Waals surface area contributed by atoms with Crippen molar-refractivity contribution in [2.75, 3.05) is 10.6 Å². The largest absolute Gasteiger partial charge is 0.411 e. The van der Waals surface area contributed by atoms with E-state index in [1.165, 1.54) is 0 Å². The van der Waals surface area contributed by atoms with Gasteiger partial charge in [0.25, 0.3) is 0 Å². The van der Waals surface area contributed by atoms with Crippen LogP contribution in [0.5, 0.6) is 0 Å². The SMILES string of the molecule is C/C(=N\O)c1ccc(NC(=O)Nc2ccccc2)cc1. The Morgan fingerprint density at radius 3 is 2.05 bits per heavy atom. The second kappa shape index (κ2) is 6.38. The summed E-state index contributed by atoms with van der Waals surface area (Å²) in [5.74, 6) is 0. The Bertz CT molecular complexity index is 607. The van der Waals surface area contributed by atoms with Gasteiger partial charge in [0.05, 0.1) is 5.71 Å². The molecule has 0 radical (unpaired) electrons. The molecule has 20 heavy (non-hydrogen) atoms. The standard InChI is InChI=1S/C15H15N3O2/c1-11(18-20)12-7-9-14(10-8-12)17-15(19)16-13-5-3-2-4-6-13/h2-10,20H,1H3,(H2,16,17,19)/b18-11+. The number of benzene rings is 2. The third-order valence-electron chi connectivity index (χ3n) is 2.74. The number of hydrogen-bond donors (Lipinski definition) is 3. The van der Waals surface area contributed by atoms with Crippen LogP contribution in [0.1, 0.15) is 12.5 Å². The molecule has 2 aromatic carbocycles. The lowest BCUT2D eigenvalue weighted by Gasteiger charge is -2.08. The molecule has 0 aromatic heterocycles.